The smallest absolute Gasteiger partial charge is 0.239 e. The fourth-order valence-electron chi connectivity index (χ4n) is 2.70. The van der Waals surface area contributed by atoms with E-state index in [1.165, 1.54) is 0 Å². The zero-order chi connectivity index (χ0) is 14.7. The number of hydrogen-bond donors (Lipinski definition) is 1. The van der Waals surface area contributed by atoms with Crippen molar-refractivity contribution in [1.29, 1.82) is 0 Å². The van der Waals surface area contributed by atoms with E-state index in [4.69, 9.17) is 10.5 Å². The van der Waals surface area contributed by atoms with Gasteiger partial charge in [-0.25, -0.2) is 0 Å². The lowest BCUT2D eigenvalue weighted by Gasteiger charge is -2.34. The van der Waals surface area contributed by atoms with Crippen LogP contribution in [0.25, 0.3) is 0 Å². The Balaban J connectivity index is 1.78. The molecule has 0 saturated carbocycles. The van der Waals surface area contributed by atoms with Crippen LogP contribution in [0.1, 0.15) is 17.2 Å². The summed E-state index contributed by atoms with van der Waals surface area (Å²) in [6, 6.07) is 17.8. The Hall–Kier alpha value is -2.33. The molecule has 1 amide bonds. The molecule has 4 heteroatoms. The number of carbonyl (C=O) groups is 1. The standard InChI is InChI=1S/C17H17N2O2/c18-17(20)16-15-9-5-4-6-13(15)10-11-19(16)12-21-14-7-2-1-3-8-14/h1-3,5-9,16H,10-12H2,(H2,18,20). The van der Waals surface area contributed by atoms with Crippen LogP contribution >= 0.6 is 0 Å². The minimum atomic E-state index is -0.438. The lowest BCUT2D eigenvalue weighted by atomic mass is 9.92. The van der Waals surface area contributed by atoms with Crippen LogP contribution in [0.5, 0.6) is 5.75 Å². The summed E-state index contributed by atoms with van der Waals surface area (Å²) in [6.07, 6.45) is 0.870. The molecule has 1 aliphatic rings. The van der Waals surface area contributed by atoms with Gasteiger partial charge in [0.1, 0.15) is 18.5 Å². The van der Waals surface area contributed by atoms with Gasteiger partial charge in [0.05, 0.1) is 0 Å². The monoisotopic (exact) mass is 281 g/mol. The molecule has 1 unspecified atom stereocenters. The molecule has 0 bridgehead atoms. The van der Waals surface area contributed by atoms with E-state index in [-0.39, 0.29) is 5.91 Å². The maximum absolute atomic E-state index is 11.9. The molecule has 3 rings (SSSR count). The van der Waals surface area contributed by atoms with Crippen molar-refractivity contribution < 1.29 is 9.53 Å². The Labute approximate surface area is 124 Å². The minimum absolute atomic E-state index is 0.343. The van der Waals surface area contributed by atoms with Crippen molar-refractivity contribution in [2.24, 2.45) is 5.73 Å². The molecule has 1 radical (unpaired) electrons. The molecule has 107 valence electrons. The van der Waals surface area contributed by atoms with Crippen LogP contribution in [-0.2, 0) is 11.2 Å². The number of fused-ring (bicyclic) bond motifs is 1. The van der Waals surface area contributed by atoms with E-state index in [0.29, 0.717) is 6.73 Å². The van der Waals surface area contributed by atoms with Gasteiger partial charge in [-0.2, -0.15) is 0 Å². The highest BCUT2D eigenvalue weighted by Gasteiger charge is 2.31. The second-order valence-corrected chi connectivity index (χ2v) is 5.08. The van der Waals surface area contributed by atoms with E-state index in [2.05, 4.69) is 6.07 Å². The summed E-state index contributed by atoms with van der Waals surface area (Å²) < 4.78 is 5.75. The first-order valence-electron chi connectivity index (χ1n) is 6.96. The quantitative estimate of drug-likeness (QED) is 0.931. The van der Waals surface area contributed by atoms with E-state index < -0.39 is 6.04 Å². The maximum Gasteiger partial charge on any atom is 0.239 e. The fourth-order valence-corrected chi connectivity index (χ4v) is 2.70. The number of ether oxygens (including phenoxy) is 1. The molecule has 1 aliphatic heterocycles. The van der Waals surface area contributed by atoms with Crippen molar-refractivity contribution in [2.45, 2.75) is 12.5 Å². The summed E-state index contributed by atoms with van der Waals surface area (Å²) in [5, 5.41) is 0. The zero-order valence-electron chi connectivity index (χ0n) is 11.7. The zero-order valence-corrected chi connectivity index (χ0v) is 11.7. The molecule has 21 heavy (non-hydrogen) atoms. The van der Waals surface area contributed by atoms with Crippen LogP contribution in [0.3, 0.4) is 0 Å². The molecule has 0 spiro atoms. The van der Waals surface area contributed by atoms with Crippen molar-refractivity contribution in [3.63, 3.8) is 0 Å². The lowest BCUT2D eigenvalue weighted by molar-refractivity contribution is -0.125. The number of para-hydroxylation sites is 1. The predicted molar refractivity (Wildman–Crippen MR) is 79.6 cm³/mol. The Morgan fingerprint density at radius 2 is 2.14 bits per heavy atom. The van der Waals surface area contributed by atoms with Gasteiger partial charge < -0.3 is 10.5 Å². The third-order valence-corrected chi connectivity index (χ3v) is 3.73. The van der Waals surface area contributed by atoms with Gasteiger partial charge in [0.15, 0.2) is 0 Å². The molecule has 0 aliphatic carbocycles. The van der Waals surface area contributed by atoms with Crippen LogP contribution in [0.15, 0.2) is 48.5 Å². The molecule has 4 nitrogen and oxygen atoms in total. The first-order chi connectivity index (χ1) is 10.3. The van der Waals surface area contributed by atoms with Gasteiger partial charge in [-0.05, 0) is 35.7 Å². The van der Waals surface area contributed by atoms with Crippen LogP contribution in [0, 0.1) is 6.07 Å². The molecule has 1 heterocycles. The SMILES string of the molecule is NC(=O)C1c2cc[c]cc2CCN1COc1ccccc1. The Kier molecular flexibility index (Phi) is 3.88. The number of amides is 1. The fraction of sp³-hybridized carbons (Fsp3) is 0.235. The summed E-state index contributed by atoms with van der Waals surface area (Å²) in [6.45, 7) is 1.08. The summed E-state index contributed by atoms with van der Waals surface area (Å²) in [5.41, 5.74) is 7.69. The molecule has 0 fully saturated rings. The number of rotatable bonds is 4. The highest BCUT2D eigenvalue weighted by atomic mass is 16.5. The number of carbonyl (C=O) groups excluding carboxylic acids is 1. The van der Waals surface area contributed by atoms with Crippen LogP contribution in [0.2, 0.25) is 0 Å². The van der Waals surface area contributed by atoms with Crippen molar-refractivity contribution in [2.75, 3.05) is 13.3 Å². The first kappa shape index (κ1) is 13.6. The van der Waals surface area contributed by atoms with E-state index in [1.807, 2.05) is 53.4 Å². The highest BCUT2D eigenvalue weighted by Crippen LogP contribution is 2.29. The van der Waals surface area contributed by atoms with Gasteiger partial charge in [0.25, 0.3) is 0 Å². The molecule has 2 aromatic rings. The normalized spacial score (nSPS) is 18.0. The molecule has 0 saturated heterocycles. The van der Waals surface area contributed by atoms with E-state index >= 15 is 0 Å². The van der Waals surface area contributed by atoms with Gasteiger partial charge in [0, 0.05) is 6.54 Å². The molecule has 0 aromatic heterocycles. The predicted octanol–water partition coefficient (Wildman–Crippen LogP) is 1.91. The number of primary amides is 1. The second kappa shape index (κ2) is 5.97. The minimum Gasteiger partial charge on any atom is -0.478 e. The third-order valence-electron chi connectivity index (χ3n) is 3.73. The average Bonchev–Trinajstić information content (AvgIpc) is 2.53. The first-order valence-corrected chi connectivity index (χ1v) is 6.96. The Morgan fingerprint density at radius 3 is 2.90 bits per heavy atom. The van der Waals surface area contributed by atoms with Crippen molar-refractivity contribution in [3.05, 3.63) is 65.7 Å². The highest BCUT2D eigenvalue weighted by molar-refractivity contribution is 5.82. The topological polar surface area (TPSA) is 55.6 Å². The molecular formula is C17H17N2O2. The largest absolute Gasteiger partial charge is 0.478 e. The van der Waals surface area contributed by atoms with Crippen molar-refractivity contribution in [3.8, 4) is 5.75 Å². The van der Waals surface area contributed by atoms with Crippen LogP contribution in [-0.4, -0.2) is 24.1 Å². The summed E-state index contributed by atoms with van der Waals surface area (Å²) in [7, 11) is 0. The van der Waals surface area contributed by atoms with Gasteiger partial charge in [0.2, 0.25) is 5.91 Å². The Morgan fingerprint density at radius 1 is 1.33 bits per heavy atom. The molecular weight excluding hydrogens is 264 g/mol. The van der Waals surface area contributed by atoms with Gasteiger partial charge >= 0.3 is 0 Å². The molecule has 1 atom stereocenters. The Bertz CT molecular complexity index is 628. The van der Waals surface area contributed by atoms with E-state index in [1.54, 1.807) is 0 Å². The summed E-state index contributed by atoms with van der Waals surface area (Å²) >= 11 is 0. The van der Waals surface area contributed by atoms with Gasteiger partial charge in [-0.1, -0.05) is 36.4 Å². The molecule has 2 aromatic carbocycles. The van der Waals surface area contributed by atoms with Crippen molar-refractivity contribution >= 4 is 5.91 Å². The summed E-state index contributed by atoms with van der Waals surface area (Å²) in [4.78, 5) is 13.8. The van der Waals surface area contributed by atoms with E-state index in [9.17, 15) is 4.79 Å². The number of nitrogens with zero attached hydrogens (tertiary/aromatic N) is 1. The molecule has 2 N–H and O–H groups in total. The third kappa shape index (κ3) is 2.90. The lowest BCUT2D eigenvalue weighted by Crippen LogP contribution is -2.44. The number of nitrogens with two attached hydrogens (primary N) is 1. The van der Waals surface area contributed by atoms with E-state index in [0.717, 1.165) is 29.8 Å². The average molecular weight is 281 g/mol. The van der Waals surface area contributed by atoms with Gasteiger partial charge in [-0.15, -0.1) is 0 Å². The van der Waals surface area contributed by atoms with Crippen LogP contribution < -0.4 is 10.5 Å². The van der Waals surface area contributed by atoms with Gasteiger partial charge in [-0.3, -0.25) is 9.69 Å². The maximum atomic E-state index is 11.9. The summed E-state index contributed by atoms with van der Waals surface area (Å²) in [5.74, 6) is 0.437. The van der Waals surface area contributed by atoms with Crippen molar-refractivity contribution in [1.82, 2.24) is 4.90 Å². The number of hydrogen-bond acceptors (Lipinski definition) is 3. The van der Waals surface area contributed by atoms with Crippen LogP contribution in [0.4, 0.5) is 0 Å². The number of benzene rings is 2. The second-order valence-electron chi connectivity index (χ2n) is 5.08.